The van der Waals surface area contributed by atoms with Gasteiger partial charge in [-0.25, -0.2) is 14.0 Å². The van der Waals surface area contributed by atoms with Crippen LogP contribution in [0, 0.1) is 0 Å². The average molecular weight is 369 g/mol. The van der Waals surface area contributed by atoms with Crippen molar-refractivity contribution < 1.29 is 23.8 Å². The summed E-state index contributed by atoms with van der Waals surface area (Å²) < 4.78 is 19.3. The first-order valence-electron chi connectivity index (χ1n) is 8.92. The van der Waals surface area contributed by atoms with Crippen molar-refractivity contribution >= 4 is 12.1 Å². The number of ether oxygens (including phenoxy) is 1. The van der Waals surface area contributed by atoms with Crippen molar-refractivity contribution in [2.24, 2.45) is 0 Å². The average Bonchev–Trinajstić information content (AvgIpc) is 3.15. The Morgan fingerprint density at radius 2 is 1.70 bits per heavy atom. The summed E-state index contributed by atoms with van der Waals surface area (Å²) in [5.74, 6) is -1.35. The molecule has 0 spiro atoms. The molecule has 1 fully saturated rings. The lowest BCUT2D eigenvalue weighted by Gasteiger charge is -2.30. The molecule has 0 aromatic heterocycles. The van der Waals surface area contributed by atoms with E-state index in [1.54, 1.807) is 0 Å². The summed E-state index contributed by atoms with van der Waals surface area (Å²) in [6, 6.07) is 15.9. The van der Waals surface area contributed by atoms with Crippen molar-refractivity contribution in [1.29, 1.82) is 0 Å². The number of carboxylic acids is 1. The van der Waals surface area contributed by atoms with Crippen LogP contribution in [0.15, 0.2) is 48.5 Å². The summed E-state index contributed by atoms with van der Waals surface area (Å²) in [6.45, 7) is 1.17. The summed E-state index contributed by atoms with van der Waals surface area (Å²) >= 11 is 0. The van der Waals surface area contributed by atoms with Gasteiger partial charge in [0, 0.05) is 12.3 Å². The van der Waals surface area contributed by atoms with Gasteiger partial charge in [0.15, 0.2) is 0 Å². The lowest BCUT2D eigenvalue weighted by atomic mass is 9.98. The molecule has 1 heterocycles. The highest BCUT2D eigenvalue weighted by Crippen LogP contribution is 2.44. The Morgan fingerprint density at radius 1 is 1.15 bits per heavy atom. The normalized spacial score (nSPS) is 23.8. The Morgan fingerprint density at radius 3 is 2.26 bits per heavy atom. The summed E-state index contributed by atoms with van der Waals surface area (Å²) in [5.41, 5.74) is 2.76. The summed E-state index contributed by atoms with van der Waals surface area (Å²) in [5, 5.41) is 9.43. The molecule has 4 rings (SSSR count). The molecule has 1 N–H and O–H groups in total. The molecule has 0 bridgehead atoms. The fourth-order valence-electron chi connectivity index (χ4n) is 4.16. The van der Waals surface area contributed by atoms with E-state index in [1.165, 1.54) is 6.92 Å². The Hall–Kier alpha value is -2.89. The predicted octanol–water partition coefficient (Wildman–Crippen LogP) is 3.82. The molecule has 0 radical (unpaired) electrons. The number of amides is 1. The van der Waals surface area contributed by atoms with Gasteiger partial charge in [0.25, 0.3) is 0 Å². The third-order valence-corrected chi connectivity index (χ3v) is 5.61. The molecule has 27 heavy (non-hydrogen) atoms. The Balaban J connectivity index is 1.56. The molecule has 6 heteroatoms. The van der Waals surface area contributed by atoms with E-state index in [9.17, 15) is 19.1 Å². The number of hydrogen-bond acceptors (Lipinski definition) is 3. The van der Waals surface area contributed by atoms with Gasteiger partial charge < -0.3 is 9.84 Å². The highest BCUT2D eigenvalue weighted by atomic mass is 19.1. The van der Waals surface area contributed by atoms with Gasteiger partial charge in [-0.3, -0.25) is 4.90 Å². The lowest BCUT2D eigenvalue weighted by Crippen LogP contribution is -2.51. The second-order valence-electron chi connectivity index (χ2n) is 7.30. The molecule has 1 aliphatic heterocycles. The summed E-state index contributed by atoms with van der Waals surface area (Å²) in [7, 11) is 0. The smallest absolute Gasteiger partial charge is 0.410 e. The van der Waals surface area contributed by atoms with Gasteiger partial charge in [-0.05, 0) is 29.2 Å². The van der Waals surface area contributed by atoms with E-state index in [1.807, 2.05) is 48.5 Å². The van der Waals surface area contributed by atoms with Crippen LogP contribution in [0.25, 0.3) is 11.1 Å². The van der Waals surface area contributed by atoms with E-state index in [2.05, 4.69) is 0 Å². The number of alkyl halides is 1. The van der Waals surface area contributed by atoms with Gasteiger partial charge in [-0.15, -0.1) is 0 Å². The van der Waals surface area contributed by atoms with Crippen LogP contribution in [0.4, 0.5) is 9.18 Å². The predicted molar refractivity (Wildman–Crippen MR) is 97.3 cm³/mol. The van der Waals surface area contributed by atoms with Crippen LogP contribution >= 0.6 is 0 Å². The van der Waals surface area contributed by atoms with E-state index >= 15 is 0 Å². The number of fused-ring (bicyclic) bond motifs is 3. The first-order chi connectivity index (χ1) is 12.9. The molecule has 1 aliphatic carbocycles. The molecule has 0 saturated carbocycles. The maximum Gasteiger partial charge on any atom is 0.410 e. The number of carbonyl (C=O) groups is 2. The minimum atomic E-state index is -1.58. The Kier molecular flexibility index (Phi) is 4.13. The maximum atomic E-state index is 13.8. The quantitative estimate of drug-likeness (QED) is 0.893. The topological polar surface area (TPSA) is 66.8 Å². The van der Waals surface area contributed by atoms with Crippen LogP contribution in [0.5, 0.6) is 0 Å². The summed E-state index contributed by atoms with van der Waals surface area (Å²) in [6.07, 6.45) is -2.39. The van der Waals surface area contributed by atoms with Crippen molar-refractivity contribution in [3.63, 3.8) is 0 Å². The zero-order valence-corrected chi connectivity index (χ0v) is 14.9. The van der Waals surface area contributed by atoms with Crippen molar-refractivity contribution in [2.75, 3.05) is 13.2 Å². The monoisotopic (exact) mass is 369 g/mol. The molecule has 0 unspecified atom stereocenters. The van der Waals surface area contributed by atoms with Crippen molar-refractivity contribution in [3.05, 3.63) is 59.7 Å². The van der Waals surface area contributed by atoms with E-state index in [4.69, 9.17) is 4.74 Å². The van der Waals surface area contributed by atoms with Crippen LogP contribution in [0.2, 0.25) is 0 Å². The van der Waals surface area contributed by atoms with Crippen molar-refractivity contribution in [2.45, 2.75) is 31.0 Å². The molecule has 1 amide bonds. The SMILES string of the molecule is C[C@@]1(C(=O)O)C[C@H](F)CN1C(=O)OCC1c2ccccc2-c2ccccc21. The van der Waals surface area contributed by atoms with E-state index in [0.717, 1.165) is 27.2 Å². The van der Waals surface area contributed by atoms with Gasteiger partial charge in [-0.1, -0.05) is 48.5 Å². The van der Waals surface area contributed by atoms with Crippen LogP contribution in [0.3, 0.4) is 0 Å². The highest BCUT2D eigenvalue weighted by Gasteiger charge is 2.51. The molecule has 2 aromatic carbocycles. The van der Waals surface area contributed by atoms with Gasteiger partial charge >= 0.3 is 12.1 Å². The lowest BCUT2D eigenvalue weighted by molar-refractivity contribution is -0.147. The highest BCUT2D eigenvalue weighted by molar-refractivity contribution is 5.85. The molecular formula is C21H20FNO4. The van der Waals surface area contributed by atoms with Crippen LogP contribution in [0.1, 0.15) is 30.4 Å². The third kappa shape index (κ3) is 2.76. The number of carboxylic acid groups (broad SMARTS) is 1. The van der Waals surface area contributed by atoms with E-state index < -0.39 is 23.8 Å². The molecule has 1 saturated heterocycles. The molecule has 2 aromatic rings. The minimum absolute atomic E-state index is 0.0794. The molecule has 140 valence electrons. The second-order valence-corrected chi connectivity index (χ2v) is 7.30. The largest absolute Gasteiger partial charge is 0.480 e. The van der Waals surface area contributed by atoms with E-state index in [0.29, 0.717) is 0 Å². The third-order valence-electron chi connectivity index (χ3n) is 5.61. The van der Waals surface area contributed by atoms with Gasteiger partial charge in [0.05, 0.1) is 6.54 Å². The molecule has 2 atom stereocenters. The fourth-order valence-corrected chi connectivity index (χ4v) is 4.16. The van der Waals surface area contributed by atoms with E-state index in [-0.39, 0.29) is 25.5 Å². The number of aliphatic carboxylic acids is 1. The number of benzene rings is 2. The van der Waals surface area contributed by atoms with Gasteiger partial charge in [0.2, 0.25) is 0 Å². The minimum Gasteiger partial charge on any atom is -0.480 e. The van der Waals surface area contributed by atoms with Gasteiger partial charge in [-0.2, -0.15) is 0 Å². The van der Waals surface area contributed by atoms with Crippen LogP contribution < -0.4 is 0 Å². The molecular weight excluding hydrogens is 349 g/mol. The van der Waals surface area contributed by atoms with Gasteiger partial charge in [0.1, 0.15) is 18.3 Å². The van der Waals surface area contributed by atoms with Crippen LogP contribution in [-0.2, 0) is 9.53 Å². The number of rotatable bonds is 3. The Labute approximate surface area is 156 Å². The Bertz CT molecular complexity index is 869. The fraction of sp³-hybridized carbons (Fsp3) is 0.333. The zero-order valence-electron chi connectivity index (χ0n) is 14.9. The number of hydrogen-bond donors (Lipinski definition) is 1. The number of likely N-dealkylation sites (tertiary alicyclic amines) is 1. The first-order valence-corrected chi connectivity index (χ1v) is 8.92. The number of nitrogens with zero attached hydrogens (tertiary/aromatic N) is 1. The standard InChI is InChI=1S/C21H20FNO4/c1-21(19(24)25)10-13(22)11-23(21)20(26)27-12-18-16-8-4-2-6-14(16)15-7-3-5-9-17(15)18/h2-9,13,18H,10-12H2,1H3,(H,24,25)/t13-,21-/m0/s1. The number of carbonyl (C=O) groups excluding carboxylic acids is 1. The number of halogens is 1. The van der Waals surface area contributed by atoms with Crippen molar-refractivity contribution in [1.82, 2.24) is 4.90 Å². The zero-order chi connectivity index (χ0) is 19.2. The van der Waals surface area contributed by atoms with Crippen LogP contribution in [-0.4, -0.2) is 46.9 Å². The maximum absolute atomic E-state index is 13.8. The molecule has 5 nitrogen and oxygen atoms in total. The first kappa shape index (κ1) is 17.5. The molecule has 2 aliphatic rings. The second kappa shape index (κ2) is 6.37. The summed E-state index contributed by atoms with van der Waals surface area (Å²) in [4.78, 5) is 25.1. The van der Waals surface area contributed by atoms with Crippen molar-refractivity contribution in [3.8, 4) is 11.1 Å².